The topological polar surface area (TPSA) is 39.1 Å². The van der Waals surface area contributed by atoms with Crippen molar-refractivity contribution in [3.8, 4) is 6.07 Å². The first kappa shape index (κ1) is 14.9. The Morgan fingerprint density at radius 1 is 1.40 bits per heavy atom. The summed E-state index contributed by atoms with van der Waals surface area (Å²) >= 11 is 0. The van der Waals surface area contributed by atoms with E-state index in [4.69, 9.17) is 0 Å². The Morgan fingerprint density at radius 2 is 2.10 bits per heavy atom. The number of hydrogen-bond acceptors (Lipinski definition) is 3. The molecule has 0 radical (unpaired) electrons. The number of benzene rings is 1. The van der Waals surface area contributed by atoms with Crippen molar-refractivity contribution in [1.82, 2.24) is 5.32 Å². The maximum Gasteiger partial charge on any atom is 0.127 e. The van der Waals surface area contributed by atoms with Crippen LogP contribution in [0.4, 0.5) is 5.69 Å². The molecule has 1 fully saturated rings. The van der Waals surface area contributed by atoms with E-state index in [1.54, 1.807) is 0 Å². The average Bonchev–Trinajstić information content (AvgIpc) is 3.29. The van der Waals surface area contributed by atoms with Crippen molar-refractivity contribution in [2.75, 3.05) is 25.0 Å². The molecule has 1 aliphatic carbocycles. The van der Waals surface area contributed by atoms with Crippen molar-refractivity contribution >= 4 is 5.69 Å². The van der Waals surface area contributed by atoms with E-state index >= 15 is 0 Å². The fraction of sp³-hybridized carbons (Fsp3) is 0.588. The van der Waals surface area contributed by atoms with Crippen LogP contribution in [-0.2, 0) is 0 Å². The van der Waals surface area contributed by atoms with Crippen LogP contribution in [0.5, 0.6) is 0 Å². The van der Waals surface area contributed by atoms with Crippen molar-refractivity contribution in [3.05, 3.63) is 29.8 Å². The summed E-state index contributed by atoms with van der Waals surface area (Å²) < 4.78 is 0. The molecule has 1 saturated carbocycles. The summed E-state index contributed by atoms with van der Waals surface area (Å²) in [4.78, 5) is 2.22. The van der Waals surface area contributed by atoms with Crippen LogP contribution in [0.2, 0.25) is 0 Å². The van der Waals surface area contributed by atoms with Crippen LogP contribution in [0, 0.1) is 24.2 Å². The molecule has 1 unspecified atom stereocenters. The molecule has 0 amide bonds. The molecule has 0 aromatic heterocycles. The van der Waals surface area contributed by atoms with Gasteiger partial charge in [-0.15, -0.1) is 0 Å². The fourth-order valence-electron chi connectivity index (χ4n) is 2.87. The molecular weight excluding hydrogens is 246 g/mol. The zero-order chi connectivity index (χ0) is 14.6. The highest BCUT2D eigenvalue weighted by Crippen LogP contribution is 2.40. The van der Waals surface area contributed by atoms with E-state index < -0.39 is 5.54 Å². The molecule has 0 saturated heterocycles. The summed E-state index contributed by atoms with van der Waals surface area (Å²) in [6, 6.07) is 10.9. The number of hydrogen-bond donors (Lipinski definition) is 1. The van der Waals surface area contributed by atoms with Gasteiger partial charge in [-0.3, -0.25) is 5.32 Å². The van der Waals surface area contributed by atoms with E-state index in [1.165, 1.54) is 24.1 Å². The second-order valence-electron chi connectivity index (χ2n) is 5.93. The van der Waals surface area contributed by atoms with Crippen LogP contribution in [0.15, 0.2) is 24.3 Å². The zero-order valence-electron chi connectivity index (χ0n) is 12.8. The van der Waals surface area contributed by atoms with Crippen molar-refractivity contribution in [2.45, 2.75) is 38.6 Å². The van der Waals surface area contributed by atoms with Crippen LogP contribution < -0.4 is 10.2 Å². The molecule has 1 aromatic rings. The fourth-order valence-corrected chi connectivity index (χ4v) is 2.87. The number of nitrogens with one attached hydrogen (secondary N) is 1. The molecule has 0 bridgehead atoms. The van der Waals surface area contributed by atoms with Crippen molar-refractivity contribution in [3.63, 3.8) is 0 Å². The second-order valence-corrected chi connectivity index (χ2v) is 5.93. The largest absolute Gasteiger partial charge is 0.371 e. The predicted molar refractivity (Wildman–Crippen MR) is 83.8 cm³/mol. The van der Waals surface area contributed by atoms with E-state index in [-0.39, 0.29) is 0 Å². The van der Waals surface area contributed by atoms with Gasteiger partial charge in [0.2, 0.25) is 0 Å². The van der Waals surface area contributed by atoms with Crippen LogP contribution in [0.3, 0.4) is 0 Å². The van der Waals surface area contributed by atoms with Gasteiger partial charge in [-0.25, -0.2) is 0 Å². The first-order chi connectivity index (χ1) is 9.63. The molecule has 20 heavy (non-hydrogen) atoms. The lowest BCUT2D eigenvalue weighted by Gasteiger charge is -2.34. The van der Waals surface area contributed by atoms with Crippen LogP contribution in [0.25, 0.3) is 0 Å². The molecule has 0 aliphatic heterocycles. The van der Waals surface area contributed by atoms with E-state index in [0.29, 0.717) is 5.92 Å². The summed E-state index contributed by atoms with van der Waals surface area (Å²) in [6.45, 7) is 5.92. The Hall–Kier alpha value is -1.53. The Balaban J connectivity index is 2.15. The number of nitriles is 1. The van der Waals surface area contributed by atoms with Crippen molar-refractivity contribution < 1.29 is 0 Å². The summed E-state index contributed by atoms with van der Waals surface area (Å²) in [5.41, 5.74) is 2.08. The van der Waals surface area contributed by atoms with Gasteiger partial charge in [0.1, 0.15) is 5.54 Å². The van der Waals surface area contributed by atoms with Gasteiger partial charge in [-0.2, -0.15) is 5.26 Å². The first-order valence-corrected chi connectivity index (χ1v) is 7.56. The summed E-state index contributed by atoms with van der Waals surface area (Å²) in [5, 5.41) is 13.3. The molecule has 3 heteroatoms. The highest BCUT2D eigenvalue weighted by atomic mass is 15.2. The van der Waals surface area contributed by atoms with Gasteiger partial charge in [-0.05, 0) is 50.3 Å². The summed E-state index contributed by atoms with van der Waals surface area (Å²) in [5.74, 6) is 0.505. The lowest BCUT2D eigenvalue weighted by atomic mass is 9.93. The maximum absolute atomic E-state index is 9.74. The Kier molecular flexibility index (Phi) is 4.67. The van der Waals surface area contributed by atoms with Gasteiger partial charge in [0.15, 0.2) is 0 Å². The molecule has 108 valence electrons. The third-order valence-electron chi connectivity index (χ3n) is 4.18. The molecule has 1 atom stereocenters. The second kappa shape index (κ2) is 6.28. The van der Waals surface area contributed by atoms with E-state index in [1.807, 2.05) is 0 Å². The molecule has 0 spiro atoms. The number of nitrogens with zero attached hydrogens (tertiary/aromatic N) is 2. The van der Waals surface area contributed by atoms with Crippen molar-refractivity contribution in [1.29, 1.82) is 5.26 Å². The Bertz CT molecular complexity index is 487. The van der Waals surface area contributed by atoms with Crippen molar-refractivity contribution in [2.24, 2.45) is 5.92 Å². The molecule has 0 heterocycles. The van der Waals surface area contributed by atoms with Gasteiger partial charge in [0, 0.05) is 19.3 Å². The minimum atomic E-state index is -0.396. The first-order valence-electron chi connectivity index (χ1n) is 7.56. The monoisotopic (exact) mass is 271 g/mol. The normalized spacial score (nSPS) is 17.3. The minimum Gasteiger partial charge on any atom is -0.371 e. The predicted octanol–water partition coefficient (Wildman–Crippen LogP) is 3.10. The van der Waals surface area contributed by atoms with Gasteiger partial charge in [0.25, 0.3) is 0 Å². The quantitative estimate of drug-likeness (QED) is 0.828. The Labute approximate surface area is 122 Å². The number of aryl methyl sites for hydroxylation is 1. The van der Waals surface area contributed by atoms with E-state index in [0.717, 1.165) is 19.5 Å². The zero-order valence-corrected chi connectivity index (χ0v) is 12.8. The lowest BCUT2D eigenvalue weighted by molar-refractivity contribution is 0.369. The highest BCUT2D eigenvalue weighted by Gasteiger charge is 2.46. The molecule has 1 N–H and O–H groups in total. The minimum absolute atomic E-state index is 0.396. The van der Waals surface area contributed by atoms with E-state index in [2.05, 4.69) is 61.4 Å². The molecule has 2 rings (SSSR count). The molecule has 1 aliphatic rings. The van der Waals surface area contributed by atoms with Crippen LogP contribution in [0.1, 0.15) is 31.7 Å². The van der Waals surface area contributed by atoms with Crippen LogP contribution >= 0.6 is 0 Å². The van der Waals surface area contributed by atoms with Gasteiger partial charge in [0.05, 0.1) is 6.07 Å². The SMILES string of the molecule is CCCNC(C#N)(CN(C)c1ccccc1C)C1CC1. The van der Waals surface area contributed by atoms with Gasteiger partial charge >= 0.3 is 0 Å². The van der Waals surface area contributed by atoms with E-state index in [9.17, 15) is 5.26 Å². The highest BCUT2D eigenvalue weighted by molar-refractivity contribution is 5.53. The summed E-state index contributed by atoms with van der Waals surface area (Å²) in [6.07, 6.45) is 3.40. The number of rotatable bonds is 7. The third-order valence-corrected chi connectivity index (χ3v) is 4.18. The lowest BCUT2D eigenvalue weighted by Crippen LogP contribution is -2.54. The van der Waals surface area contributed by atoms with Crippen LogP contribution in [-0.4, -0.2) is 25.7 Å². The number of anilines is 1. The summed E-state index contributed by atoms with van der Waals surface area (Å²) in [7, 11) is 2.09. The average molecular weight is 271 g/mol. The smallest absolute Gasteiger partial charge is 0.127 e. The van der Waals surface area contributed by atoms with Gasteiger partial charge < -0.3 is 4.90 Å². The third kappa shape index (κ3) is 3.13. The standard InChI is InChI=1S/C17H25N3/c1-4-11-19-17(12-18,15-9-10-15)13-20(3)16-8-6-5-7-14(16)2/h5-8,15,19H,4,9-11,13H2,1-3H3. The maximum atomic E-state index is 9.74. The number of para-hydroxylation sites is 1. The molecule has 1 aromatic carbocycles. The van der Waals surface area contributed by atoms with Gasteiger partial charge in [-0.1, -0.05) is 25.1 Å². The molecular formula is C17H25N3. The number of likely N-dealkylation sites (N-methyl/N-ethyl adjacent to an activating group) is 1. The molecule has 3 nitrogen and oxygen atoms in total. The Morgan fingerprint density at radius 3 is 2.65 bits per heavy atom.